The number of morpholine rings is 1. The van der Waals surface area contributed by atoms with Gasteiger partial charge in [0, 0.05) is 13.1 Å². The van der Waals surface area contributed by atoms with E-state index in [4.69, 9.17) is 4.74 Å². The summed E-state index contributed by atoms with van der Waals surface area (Å²) in [5.74, 6) is -1.24. The molecular formula is C14H15N3O3. The van der Waals surface area contributed by atoms with Crippen LogP contribution in [0.15, 0.2) is 35.3 Å². The first-order valence-corrected chi connectivity index (χ1v) is 6.57. The van der Waals surface area contributed by atoms with E-state index in [2.05, 4.69) is 10.3 Å². The van der Waals surface area contributed by atoms with Gasteiger partial charge in [-0.2, -0.15) is 4.99 Å². The van der Waals surface area contributed by atoms with Crippen LogP contribution in [0.3, 0.4) is 0 Å². The van der Waals surface area contributed by atoms with E-state index < -0.39 is 11.8 Å². The van der Waals surface area contributed by atoms with E-state index in [9.17, 15) is 9.59 Å². The van der Waals surface area contributed by atoms with Crippen LogP contribution >= 0.6 is 0 Å². The number of rotatable bonds is 1. The molecule has 6 heteroatoms. The Labute approximate surface area is 116 Å². The first-order chi connectivity index (χ1) is 9.75. The second-order valence-electron chi connectivity index (χ2n) is 4.71. The fraction of sp³-hybridized carbons (Fsp3) is 0.357. The van der Waals surface area contributed by atoms with Gasteiger partial charge in [-0.3, -0.25) is 14.9 Å². The quantitative estimate of drug-likeness (QED) is 0.738. The van der Waals surface area contributed by atoms with Crippen LogP contribution in [0.2, 0.25) is 0 Å². The molecule has 3 rings (SSSR count). The molecule has 104 valence electrons. The highest BCUT2D eigenvalue weighted by atomic mass is 16.5. The van der Waals surface area contributed by atoms with E-state index in [1.807, 2.05) is 11.0 Å². The maximum Gasteiger partial charge on any atom is 0.265 e. The highest BCUT2D eigenvalue weighted by molar-refractivity contribution is 6.18. The number of benzene rings is 1. The summed E-state index contributed by atoms with van der Waals surface area (Å²) in [6, 6.07) is 8.97. The molecule has 2 aliphatic heterocycles. The Morgan fingerprint density at radius 3 is 2.50 bits per heavy atom. The lowest BCUT2D eigenvalue weighted by Crippen LogP contribution is -2.53. The average Bonchev–Trinajstić information content (AvgIpc) is 2.48. The van der Waals surface area contributed by atoms with Crippen molar-refractivity contribution in [2.75, 3.05) is 26.3 Å². The number of aliphatic imine (C=N–C) groups is 1. The van der Waals surface area contributed by atoms with Crippen molar-refractivity contribution in [1.29, 1.82) is 0 Å². The molecule has 2 aliphatic rings. The monoisotopic (exact) mass is 273 g/mol. The smallest absolute Gasteiger partial charge is 0.265 e. The van der Waals surface area contributed by atoms with Gasteiger partial charge < -0.3 is 9.64 Å². The van der Waals surface area contributed by atoms with Crippen LogP contribution in [-0.4, -0.2) is 49.0 Å². The number of carbonyl (C=O) groups is 2. The summed E-state index contributed by atoms with van der Waals surface area (Å²) in [7, 11) is 0. The average molecular weight is 273 g/mol. The number of hydrogen-bond acceptors (Lipinski definition) is 4. The number of hydrogen-bond donors (Lipinski definition) is 1. The van der Waals surface area contributed by atoms with Gasteiger partial charge in [-0.1, -0.05) is 30.3 Å². The predicted octanol–water partition coefficient (Wildman–Crippen LogP) is 0.115. The van der Waals surface area contributed by atoms with Gasteiger partial charge >= 0.3 is 0 Å². The molecule has 1 atom stereocenters. The lowest BCUT2D eigenvalue weighted by atomic mass is 9.96. The van der Waals surface area contributed by atoms with E-state index in [0.29, 0.717) is 37.8 Å². The third-order valence-corrected chi connectivity index (χ3v) is 3.40. The normalized spacial score (nSPS) is 23.3. The Morgan fingerprint density at radius 1 is 1.15 bits per heavy atom. The first-order valence-electron chi connectivity index (χ1n) is 6.57. The van der Waals surface area contributed by atoms with Gasteiger partial charge in [0.15, 0.2) is 0 Å². The molecule has 0 radical (unpaired) electrons. The third-order valence-electron chi connectivity index (χ3n) is 3.40. The number of guanidine groups is 1. The molecule has 1 unspecified atom stereocenters. The Bertz CT molecular complexity index is 550. The molecule has 0 bridgehead atoms. The Kier molecular flexibility index (Phi) is 3.47. The van der Waals surface area contributed by atoms with Gasteiger partial charge in [-0.05, 0) is 5.56 Å². The minimum atomic E-state index is -0.846. The molecule has 1 aromatic rings. The standard InChI is InChI=1S/C14H15N3O3/c18-12-11(10-4-2-1-3-5-10)13(19)16-14(15-12)17-6-8-20-9-7-17/h1-5,11H,6-9H2,(H,15,16,18,19). The minimum Gasteiger partial charge on any atom is -0.378 e. The Balaban J connectivity index is 1.83. The topological polar surface area (TPSA) is 71.0 Å². The molecule has 1 aromatic carbocycles. The molecule has 20 heavy (non-hydrogen) atoms. The van der Waals surface area contributed by atoms with Gasteiger partial charge in [0.25, 0.3) is 5.91 Å². The fourth-order valence-electron chi connectivity index (χ4n) is 2.36. The molecule has 0 saturated carbocycles. The SMILES string of the molecule is O=C1N=C(N2CCOCC2)NC(=O)C1c1ccccc1. The van der Waals surface area contributed by atoms with Crippen LogP contribution in [0, 0.1) is 0 Å². The lowest BCUT2D eigenvalue weighted by Gasteiger charge is -2.32. The zero-order valence-corrected chi connectivity index (χ0v) is 10.9. The highest BCUT2D eigenvalue weighted by Gasteiger charge is 2.35. The van der Waals surface area contributed by atoms with Crippen molar-refractivity contribution in [2.45, 2.75) is 5.92 Å². The molecule has 1 N–H and O–H groups in total. The Hall–Kier alpha value is -2.21. The number of carbonyl (C=O) groups excluding carboxylic acids is 2. The highest BCUT2D eigenvalue weighted by Crippen LogP contribution is 2.20. The number of nitrogens with zero attached hydrogens (tertiary/aromatic N) is 2. The van der Waals surface area contributed by atoms with Gasteiger partial charge in [0.1, 0.15) is 5.92 Å². The summed E-state index contributed by atoms with van der Waals surface area (Å²) in [6.45, 7) is 2.40. The number of amides is 2. The van der Waals surface area contributed by atoms with Crippen LogP contribution in [0.25, 0.3) is 0 Å². The lowest BCUT2D eigenvalue weighted by molar-refractivity contribution is -0.130. The number of nitrogens with one attached hydrogen (secondary N) is 1. The molecular weight excluding hydrogens is 258 g/mol. The second kappa shape index (κ2) is 5.42. The zero-order valence-electron chi connectivity index (χ0n) is 10.9. The molecule has 1 saturated heterocycles. The second-order valence-corrected chi connectivity index (χ2v) is 4.71. The van der Waals surface area contributed by atoms with Crippen LogP contribution in [0.1, 0.15) is 11.5 Å². The van der Waals surface area contributed by atoms with Crippen molar-refractivity contribution in [2.24, 2.45) is 4.99 Å². The summed E-state index contributed by atoms with van der Waals surface area (Å²) < 4.78 is 5.24. The third kappa shape index (κ3) is 2.42. The van der Waals surface area contributed by atoms with Crippen LogP contribution < -0.4 is 5.32 Å². The van der Waals surface area contributed by atoms with Gasteiger partial charge in [-0.25, -0.2) is 0 Å². The summed E-state index contributed by atoms with van der Waals surface area (Å²) in [4.78, 5) is 30.2. The van der Waals surface area contributed by atoms with E-state index >= 15 is 0 Å². The van der Waals surface area contributed by atoms with Crippen molar-refractivity contribution in [1.82, 2.24) is 10.2 Å². The molecule has 0 aliphatic carbocycles. The fourth-order valence-corrected chi connectivity index (χ4v) is 2.36. The molecule has 1 fully saturated rings. The summed E-state index contributed by atoms with van der Waals surface area (Å²) in [5.41, 5.74) is 0.666. The molecule has 6 nitrogen and oxygen atoms in total. The maximum absolute atomic E-state index is 12.2. The Morgan fingerprint density at radius 2 is 1.85 bits per heavy atom. The van der Waals surface area contributed by atoms with Gasteiger partial charge in [0.05, 0.1) is 13.2 Å². The van der Waals surface area contributed by atoms with E-state index in [1.165, 1.54) is 0 Å². The largest absolute Gasteiger partial charge is 0.378 e. The van der Waals surface area contributed by atoms with Crippen molar-refractivity contribution < 1.29 is 14.3 Å². The summed E-state index contributed by atoms with van der Waals surface area (Å²) >= 11 is 0. The zero-order chi connectivity index (χ0) is 13.9. The van der Waals surface area contributed by atoms with E-state index in [-0.39, 0.29) is 5.91 Å². The van der Waals surface area contributed by atoms with E-state index in [0.717, 1.165) is 0 Å². The van der Waals surface area contributed by atoms with E-state index in [1.54, 1.807) is 24.3 Å². The van der Waals surface area contributed by atoms with Crippen LogP contribution in [0.4, 0.5) is 0 Å². The van der Waals surface area contributed by atoms with Crippen LogP contribution in [-0.2, 0) is 14.3 Å². The summed E-state index contributed by atoms with van der Waals surface area (Å²) in [5, 5.41) is 2.73. The number of ether oxygens (including phenoxy) is 1. The van der Waals surface area contributed by atoms with Crippen molar-refractivity contribution >= 4 is 17.8 Å². The van der Waals surface area contributed by atoms with Crippen molar-refractivity contribution in [3.63, 3.8) is 0 Å². The first kappa shape index (κ1) is 12.8. The molecule has 2 heterocycles. The molecule has 0 spiro atoms. The van der Waals surface area contributed by atoms with Crippen molar-refractivity contribution in [3.8, 4) is 0 Å². The van der Waals surface area contributed by atoms with Gasteiger partial charge in [-0.15, -0.1) is 0 Å². The molecule has 0 aromatic heterocycles. The van der Waals surface area contributed by atoms with Crippen molar-refractivity contribution in [3.05, 3.63) is 35.9 Å². The predicted molar refractivity (Wildman–Crippen MR) is 72.2 cm³/mol. The summed E-state index contributed by atoms with van der Waals surface area (Å²) in [6.07, 6.45) is 0. The minimum absolute atomic E-state index is 0.322. The molecule has 2 amide bonds. The van der Waals surface area contributed by atoms with Gasteiger partial charge in [0.2, 0.25) is 11.9 Å². The van der Waals surface area contributed by atoms with Crippen LogP contribution in [0.5, 0.6) is 0 Å². The maximum atomic E-state index is 12.2.